The van der Waals surface area contributed by atoms with Crippen LogP contribution in [0.25, 0.3) is 0 Å². The van der Waals surface area contributed by atoms with Crippen molar-refractivity contribution in [3.63, 3.8) is 0 Å². The van der Waals surface area contributed by atoms with Crippen molar-refractivity contribution in [2.24, 2.45) is 5.92 Å². The lowest BCUT2D eigenvalue weighted by Gasteiger charge is -2.39. The Hall–Kier alpha value is -2.57. The van der Waals surface area contributed by atoms with Gasteiger partial charge >= 0.3 is 6.09 Å². The predicted molar refractivity (Wildman–Crippen MR) is 94.0 cm³/mol. The molecule has 3 amide bonds. The van der Waals surface area contributed by atoms with Gasteiger partial charge in [0.1, 0.15) is 6.61 Å². The average molecular weight is 357 g/mol. The molecule has 0 bridgehead atoms. The normalized spacial score (nSPS) is 26.0. The van der Waals surface area contributed by atoms with Gasteiger partial charge in [0.25, 0.3) is 11.8 Å². The van der Waals surface area contributed by atoms with E-state index in [-0.39, 0.29) is 23.4 Å². The van der Waals surface area contributed by atoms with E-state index < -0.39 is 0 Å². The number of carbonyl (C=O) groups excluding carboxylic acids is 3. The highest BCUT2D eigenvalue weighted by Gasteiger charge is 2.43. The molecule has 7 heteroatoms. The Kier molecular flexibility index (Phi) is 4.09. The minimum absolute atomic E-state index is 0.00842. The highest BCUT2D eigenvalue weighted by molar-refractivity contribution is 5.99. The molecule has 3 aliphatic heterocycles. The van der Waals surface area contributed by atoms with Crippen LogP contribution in [-0.4, -0.2) is 54.6 Å². The Morgan fingerprint density at radius 3 is 2.73 bits per heavy atom. The van der Waals surface area contributed by atoms with E-state index in [2.05, 4.69) is 10.6 Å². The Morgan fingerprint density at radius 1 is 1.27 bits per heavy atom. The maximum absolute atomic E-state index is 12.9. The largest absolute Gasteiger partial charge is 0.447 e. The Balaban J connectivity index is 1.42. The molecular formula is C19H23N3O4. The fraction of sp³-hybridized carbons (Fsp3) is 0.526. The maximum Gasteiger partial charge on any atom is 0.407 e. The summed E-state index contributed by atoms with van der Waals surface area (Å²) >= 11 is 0. The summed E-state index contributed by atoms with van der Waals surface area (Å²) in [7, 11) is 0. The van der Waals surface area contributed by atoms with E-state index in [0.29, 0.717) is 43.3 Å². The van der Waals surface area contributed by atoms with Crippen LogP contribution in [0.15, 0.2) is 18.2 Å². The topological polar surface area (TPSA) is 87.7 Å². The van der Waals surface area contributed by atoms with E-state index >= 15 is 0 Å². The number of benzene rings is 1. The Labute approximate surface area is 152 Å². The number of carbonyl (C=O) groups is 3. The summed E-state index contributed by atoms with van der Waals surface area (Å²) in [4.78, 5) is 37.9. The van der Waals surface area contributed by atoms with E-state index in [0.717, 1.165) is 24.8 Å². The zero-order valence-corrected chi connectivity index (χ0v) is 14.8. The number of nitrogens with zero attached hydrogens (tertiary/aromatic N) is 1. The molecule has 1 aromatic carbocycles. The fourth-order valence-electron chi connectivity index (χ4n) is 4.20. The SMILES string of the molecule is CC1(C2CCN(C(=O)c3ccc4c(c3)CCNC4=O)CC2)COC(=O)N1. The molecular weight excluding hydrogens is 334 g/mol. The zero-order valence-electron chi connectivity index (χ0n) is 14.8. The van der Waals surface area contributed by atoms with Crippen LogP contribution in [0, 0.1) is 5.92 Å². The van der Waals surface area contributed by atoms with Crippen LogP contribution in [0.3, 0.4) is 0 Å². The van der Waals surface area contributed by atoms with Crippen molar-refractivity contribution in [2.45, 2.75) is 31.7 Å². The zero-order chi connectivity index (χ0) is 18.3. The van der Waals surface area contributed by atoms with E-state index in [9.17, 15) is 14.4 Å². The van der Waals surface area contributed by atoms with Gasteiger partial charge < -0.3 is 20.3 Å². The minimum Gasteiger partial charge on any atom is -0.447 e. The predicted octanol–water partition coefficient (Wildman–Crippen LogP) is 1.32. The molecule has 0 aliphatic carbocycles. The van der Waals surface area contributed by atoms with E-state index in [1.807, 2.05) is 17.9 Å². The first-order valence-corrected chi connectivity index (χ1v) is 9.12. The van der Waals surface area contributed by atoms with Gasteiger partial charge in [-0.1, -0.05) is 0 Å². The lowest BCUT2D eigenvalue weighted by Crippen LogP contribution is -2.52. The third-order valence-corrected chi connectivity index (χ3v) is 5.85. The third kappa shape index (κ3) is 2.91. The summed E-state index contributed by atoms with van der Waals surface area (Å²) < 4.78 is 5.06. The number of fused-ring (bicyclic) bond motifs is 1. The van der Waals surface area contributed by atoms with Gasteiger partial charge in [-0.25, -0.2) is 4.79 Å². The second kappa shape index (κ2) is 6.30. The second-order valence-corrected chi connectivity index (χ2v) is 7.56. The van der Waals surface area contributed by atoms with E-state index in [1.54, 1.807) is 12.1 Å². The van der Waals surface area contributed by atoms with Crippen LogP contribution in [0.2, 0.25) is 0 Å². The first-order chi connectivity index (χ1) is 12.5. The standard InChI is InChI=1S/C19H23N3O4/c1-19(11-26-18(25)21-19)14-5-8-22(9-6-14)17(24)13-2-3-15-12(10-13)4-7-20-16(15)23/h2-3,10,14H,4-9,11H2,1H3,(H,20,23)(H,21,25). The van der Waals surface area contributed by atoms with Crippen LogP contribution in [0.5, 0.6) is 0 Å². The average Bonchev–Trinajstić information content (AvgIpc) is 3.01. The number of rotatable bonds is 2. The van der Waals surface area contributed by atoms with Crippen LogP contribution in [-0.2, 0) is 11.2 Å². The van der Waals surface area contributed by atoms with E-state index in [1.165, 1.54) is 0 Å². The monoisotopic (exact) mass is 357 g/mol. The Morgan fingerprint density at radius 2 is 2.04 bits per heavy atom. The van der Waals surface area contributed by atoms with Gasteiger partial charge in [0.15, 0.2) is 0 Å². The fourth-order valence-corrected chi connectivity index (χ4v) is 4.20. The lowest BCUT2D eigenvalue weighted by molar-refractivity contribution is 0.0623. The van der Waals surface area contributed by atoms with Crippen LogP contribution in [0.1, 0.15) is 46.0 Å². The first kappa shape index (κ1) is 16.9. The van der Waals surface area contributed by atoms with Crippen molar-refractivity contribution in [2.75, 3.05) is 26.2 Å². The van der Waals surface area contributed by atoms with E-state index in [4.69, 9.17) is 4.74 Å². The van der Waals surface area contributed by atoms with Crippen molar-refractivity contribution in [3.8, 4) is 0 Å². The highest BCUT2D eigenvalue weighted by atomic mass is 16.6. The number of likely N-dealkylation sites (tertiary alicyclic amines) is 1. The molecule has 2 N–H and O–H groups in total. The summed E-state index contributed by atoms with van der Waals surface area (Å²) in [5.41, 5.74) is 1.90. The molecule has 3 aliphatic rings. The van der Waals surface area contributed by atoms with Crippen molar-refractivity contribution < 1.29 is 19.1 Å². The molecule has 3 heterocycles. The van der Waals surface area contributed by atoms with Crippen LogP contribution in [0.4, 0.5) is 4.79 Å². The van der Waals surface area contributed by atoms with Crippen LogP contribution >= 0.6 is 0 Å². The van der Waals surface area contributed by atoms with Gasteiger partial charge in [-0.15, -0.1) is 0 Å². The maximum atomic E-state index is 12.9. The number of cyclic esters (lactones) is 1. The number of amides is 3. The third-order valence-electron chi connectivity index (χ3n) is 5.85. The number of piperidine rings is 1. The second-order valence-electron chi connectivity index (χ2n) is 7.56. The van der Waals surface area contributed by atoms with Gasteiger partial charge in [-0.2, -0.15) is 0 Å². The molecule has 0 spiro atoms. The van der Waals surface area contributed by atoms with Gasteiger partial charge in [-0.3, -0.25) is 9.59 Å². The van der Waals surface area contributed by atoms with Crippen molar-refractivity contribution in [3.05, 3.63) is 34.9 Å². The van der Waals surface area contributed by atoms with Crippen LogP contribution < -0.4 is 10.6 Å². The molecule has 2 fully saturated rings. The summed E-state index contributed by atoms with van der Waals surface area (Å²) in [6.07, 6.45) is 2.06. The smallest absolute Gasteiger partial charge is 0.407 e. The van der Waals surface area contributed by atoms with Gasteiger partial charge in [0.2, 0.25) is 0 Å². The molecule has 2 saturated heterocycles. The molecule has 7 nitrogen and oxygen atoms in total. The molecule has 138 valence electrons. The summed E-state index contributed by atoms with van der Waals surface area (Å²) in [5.74, 6) is 0.236. The quantitative estimate of drug-likeness (QED) is 0.836. The summed E-state index contributed by atoms with van der Waals surface area (Å²) in [6.45, 7) is 4.33. The molecule has 1 atom stereocenters. The molecule has 0 saturated carbocycles. The molecule has 26 heavy (non-hydrogen) atoms. The molecule has 1 aromatic rings. The number of alkyl carbamates (subject to hydrolysis) is 1. The number of ether oxygens (including phenoxy) is 1. The number of hydrogen-bond acceptors (Lipinski definition) is 4. The van der Waals surface area contributed by atoms with Gasteiger partial charge in [0.05, 0.1) is 5.54 Å². The summed E-state index contributed by atoms with van der Waals surface area (Å²) in [6, 6.07) is 5.34. The lowest BCUT2D eigenvalue weighted by atomic mass is 9.80. The van der Waals surface area contributed by atoms with Crippen molar-refractivity contribution >= 4 is 17.9 Å². The molecule has 0 aromatic heterocycles. The molecule has 4 rings (SSSR count). The van der Waals surface area contributed by atoms with Crippen molar-refractivity contribution in [1.29, 1.82) is 0 Å². The first-order valence-electron chi connectivity index (χ1n) is 9.12. The minimum atomic E-state index is -0.357. The van der Waals surface area contributed by atoms with Gasteiger partial charge in [0, 0.05) is 30.8 Å². The number of nitrogens with one attached hydrogen (secondary N) is 2. The Bertz CT molecular complexity index is 770. The van der Waals surface area contributed by atoms with Gasteiger partial charge in [-0.05, 0) is 55.9 Å². The molecule has 0 radical (unpaired) electrons. The summed E-state index contributed by atoms with van der Waals surface area (Å²) in [5, 5.41) is 5.73. The number of hydrogen-bond donors (Lipinski definition) is 2. The van der Waals surface area contributed by atoms with Crippen molar-refractivity contribution in [1.82, 2.24) is 15.5 Å². The molecule has 1 unspecified atom stereocenters. The highest BCUT2D eigenvalue weighted by Crippen LogP contribution is 2.32.